The van der Waals surface area contributed by atoms with Crippen molar-refractivity contribution in [3.05, 3.63) is 71.6 Å². The maximum atomic E-state index is 4.64. The average molecular weight is 319 g/mol. The topological polar surface area (TPSA) is 12.4 Å². The number of hydrogen-bond acceptors (Lipinski definition) is 3. The van der Waals surface area contributed by atoms with Crippen LogP contribution in [0, 0.1) is 0 Å². The number of rotatable bonds is 2. The molecule has 4 rings (SSSR count). The Bertz CT molecular complexity index is 999. The van der Waals surface area contributed by atoms with Gasteiger partial charge in [-0.2, -0.15) is 0 Å². The highest BCUT2D eigenvalue weighted by molar-refractivity contribution is 7.81. The van der Waals surface area contributed by atoms with Crippen LogP contribution < -0.4 is 0 Å². The van der Waals surface area contributed by atoms with Gasteiger partial charge in [-0.1, -0.05) is 48.5 Å². The Labute approximate surface area is 138 Å². The number of hydrogen-bond donors (Lipinski definition) is 1. The summed E-state index contributed by atoms with van der Waals surface area (Å²) in [6.45, 7) is 0. The lowest BCUT2D eigenvalue weighted by atomic mass is 10.1. The van der Waals surface area contributed by atoms with Crippen molar-refractivity contribution in [3.63, 3.8) is 0 Å². The second-order valence-corrected chi connectivity index (χ2v) is 6.63. The lowest BCUT2D eigenvalue weighted by Gasteiger charge is -1.98. The van der Waals surface area contributed by atoms with E-state index in [1.807, 2.05) is 24.4 Å². The monoisotopic (exact) mass is 319 g/mol. The van der Waals surface area contributed by atoms with E-state index in [1.165, 1.54) is 20.9 Å². The normalized spacial score (nSPS) is 11.7. The molecule has 0 aliphatic heterocycles. The highest BCUT2D eigenvalue weighted by Gasteiger charge is 2.06. The van der Waals surface area contributed by atoms with Gasteiger partial charge in [-0.15, -0.1) is 24.0 Å². The molecule has 3 aromatic carbocycles. The molecule has 1 nitrogen and oxygen atoms in total. The summed E-state index contributed by atoms with van der Waals surface area (Å²) in [5.74, 6) is 0. The lowest BCUT2D eigenvalue weighted by molar-refractivity contribution is 1.54. The van der Waals surface area contributed by atoms with Gasteiger partial charge in [0.1, 0.15) is 0 Å². The third kappa shape index (κ3) is 2.43. The van der Waals surface area contributed by atoms with E-state index in [0.717, 1.165) is 15.5 Å². The summed E-state index contributed by atoms with van der Waals surface area (Å²) in [4.78, 5) is 6.72. The molecule has 0 fully saturated rings. The van der Waals surface area contributed by atoms with Gasteiger partial charge in [-0.25, -0.2) is 0 Å². The number of thiophene rings is 1. The summed E-state index contributed by atoms with van der Waals surface area (Å²) in [5, 5.41) is 3.63. The van der Waals surface area contributed by atoms with Crippen LogP contribution in [0.5, 0.6) is 0 Å². The predicted octanol–water partition coefficient (Wildman–Crippen LogP) is 6.09. The zero-order valence-corrected chi connectivity index (χ0v) is 13.4. The van der Waals surface area contributed by atoms with Gasteiger partial charge in [0.15, 0.2) is 0 Å². The van der Waals surface area contributed by atoms with E-state index in [4.69, 9.17) is 0 Å². The van der Waals surface area contributed by atoms with Crippen LogP contribution in [0.4, 0.5) is 5.69 Å². The maximum absolute atomic E-state index is 4.64. The van der Waals surface area contributed by atoms with Crippen molar-refractivity contribution in [1.82, 2.24) is 0 Å². The first-order valence-electron chi connectivity index (χ1n) is 7.05. The summed E-state index contributed by atoms with van der Waals surface area (Å²) in [7, 11) is 0. The standard InChI is InChI=1S/C19H13NS2/c21-19-16-7-3-4-8-17(16)22-18(19)12-20-15-10-9-13-5-1-2-6-14(13)11-15/h1-12,21H. The summed E-state index contributed by atoms with van der Waals surface area (Å²) >= 11 is 6.36. The minimum Gasteiger partial charge on any atom is -0.255 e. The van der Waals surface area contributed by atoms with Gasteiger partial charge >= 0.3 is 0 Å². The molecular weight excluding hydrogens is 306 g/mol. The smallest absolute Gasteiger partial charge is 0.0636 e. The van der Waals surface area contributed by atoms with Gasteiger partial charge in [0, 0.05) is 21.2 Å². The summed E-state index contributed by atoms with van der Waals surface area (Å²) in [5.41, 5.74) is 0.962. The molecule has 4 aromatic rings. The Morgan fingerprint density at radius 1 is 0.864 bits per heavy atom. The first-order chi connectivity index (χ1) is 10.8. The van der Waals surface area contributed by atoms with Crippen LogP contribution in [-0.2, 0) is 0 Å². The van der Waals surface area contributed by atoms with Crippen molar-refractivity contribution < 1.29 is 0 Å². The van der Waals surface area contributed by atoms with Crippen LogP contribution in [-0.4, -0.2) is 6.21 Å². The Morgan fingerprint density at radius 2 is 1.64 bits per heavy atom. The highest BCUT2D eigenvalue weighted by atomic mass is 32.1. The zero-order valence-electron chi connectivity index (χ0n) is 11.7. The van der Waals surface area contributed by atoms with Crippen molar-refractivity contribution in [3.8, 4) is 0 Å². The molecule has 0 aliphatic rings. The van der Waals surface area contributed by atoms with Gasteiger partial charge in [0.25, 0.3) is 0 Å². The zero-order chi connectivity index (χ0) is 14.9. The minimum absolute atomic E-state index is 0.962. The Hall–Kier alpha value is -2.10. The number of aliphatic imine (C=N–C) groups is 1. The quantitative estimate of drug-likeness (QED) is 0.339. The number of nitrogens with zero attached hydrogens (tertiary/aromatic N) is 1. The second-order valence-electron chi connectivity index (χ2n) is 5.10. The predicted molar refractivity (Wildman–Crippen MR) is 100 cm³/mol. The van der Waals surface area contributed by atoms with E-state index in [0.29, 0.717) is 0 Å². The third-order valence-electron chi connectivity index (χ3n) is 3.66. The van der Waals surface area contributed by atoms with Crippen molar-refractivity contribution in [1.29, 1.82) is 0 Å². The molecule has 0 unspecified atom stereocenters. The molecule has 0 saturated heterocycles. The summed E-state index contributed by atoms with van der Waals surface area (Å²) in [6, 6.07) is 22.9. The summed E-state index contributed by atoms with van der Waals surface area (Å²) in [6.07, 6.45) is 1.91. The lowest BCUT2D eigenvalue weighted by Crippen LogP contribution is -1.76. The molecule has 0 bridgehead atoms. The fraction of sp³-hybridized carbons (Fsp3) is 0. The van der Waals surface area contributed by atoms with Crippen LogP contribution in [0.1, 0.15) is 4.88 Å². The molecule has 1 heterocycles. The Morgan fingerprint density at radius 3 is 2.50 bits per heavy atom. The molecule has 0 aliphatic carbocycles. The fourth-order valence-electron chi connectivity index (χ4n) is 2.53. The molecular formula is C19H13NS2. The molecule has 22 heavy (non-hydrogen) atoms. The summed E-state index contributed by atoms with van der Waals surface area (Å²) < 4.78 is 1.24. The molecule has 0 spiro atoms. The van der Waals surface area contributed by atoms with E-state index in [2.05, 4.69) is 66.2 Å². The number of fused-ring (bicyclic) bond motifs is 2. The van der Waals surface area contributed by atoms with Gasteiger partial charge < -0.3 is 0 Å². The molecule has 0 saturated carbocycles. The largest absolute Gasteiger partial charge is 0.255 e. The van der Waals surface area contributed by atoms with Gasteiger partial charge in [-0.3, -0.25) is 4.99 Å². The molecule has 1 aromatic heterocycles. The Balaban J connectivity index is 1.73. The van der Waals surface area contributed by atoms with Crippen LogP contribution in [0.2, 0.25) is 0 Å². The molecule has 0 amide bonds. The van der Waals surface area contributed by atoms with Crippen molar-refractivity contribution in [2.75, 3.05) is 0 Å². The molecule has 106 valence electrons. The van der Waals surface area contributed by atoms with Crippen LogP contribution in [0.15, 0.2) is 76.6 Å². The van der Waals surface area contributed by atoms with Gasteiger partial charge in [0.05, 0.1) is 10.6 Å². The SMILES string of the molecule is Sc1c(C=Nc2ccc3ccccc3c2)sc2ccccc12. The average Bonchev–Trinajstić information content (AvgIpc) is 2.89. The fourth-order valence-corrected chi connectivity index (χ4v) is 3.97. The van der Waals surface area contributed by atoms with Gasteiger partial charge in [-0.05, 0) is 29.0 Å². The molecule has 3 heteroatoms. The molecule has 0 N–H and O–H groups in total. The van der Waals surface area contributed by atoms with E-state index < -0.39 is 0 Å². The van der Waals surface area contributed by atoms with Crippen LogP contribution in [0.25, 0.3) is 20.9 Å². The highest BCUT2D eigenvalue weighted by Crippen LogP contribution is 2.33. The van der Waals surface area contributed by atoms with Crippen LogP contribution in [0.3, 0.4) is 0 Å². The number of thiol groups is 1. The van der Waals surface area contributed by atoms with Crippen molar-refractivity contribution in [2.45, 2.75) is 4.90 Å². The maximum Gasteiger partial charge on any atom is 0.0636 e. The molecule has 0 radical (unpaired) electrons. The van der Waals surface area contributed by atoms with E-state index in [1.54, 1.807) is 11.3 Å². The Kier molecular flexibility index (Phi) is 3.45. The van der Waals surface area contributed by atoms with E-state index in [-0.39, 0.29) is 0 Å². The number of benzene rings is 3. The third-order valence-corrected chi connectivity index (χ3v) is 5.40. The van der Waals surface area contributed by atoms with Crippen LogP contribution >= 0.6 is 24.0 Å². The minimum atomic E-state index is 0.962. The van der Waals surface area contributed by atoms with Gasteiger partial charge in [0.2, 0.25) is 0 Å². The first kappa shape index (κ1) is 13.6. The van der Waals surface area contributed by atoms with E-state index in [9.17, 15) is 0 Å². The first-order valence-corrected chi connectivity index (χ1v) is 8.31. The molecule has 0 atom stereocenters. The van der Waals surface area contributed by atoms with E-state index >= 15 is 0 Å². The van der Waals surface area contributed by atoms with Crippen molar-refractivity contribution in [2.24, 2.45) is 4.99 Å². The second kappa shape index (κ2) is 5.59. The van der Waals surface area contributed by atoms with Crippen molar-refractivity contribution >= 4 is 56.7 Å².